The molecule has 0 aliphatic carbocycles. The quantitative estimate of drug-likeness (QED) is 0.397. The number of carbonyl (C=O) groups is 1. The van der Waals surface area contributed by atoms with Crippen molar-refractivity contribution in [3.63, 3.8) is 0 Å². The number of anilines is 3. The van der Waals surface area contributed by atoms with Gasteiger partial charge in [-0.3, -0.25) is 4.72 Å². The van der Waals surface area contributed by atoms with E-state index in [-0.39, 0.29) is 16.5 Å². The van der Waals surface area contributed by atoms with Gasteiger partial charge >= 0.3 is 5.97 Å². The average molecular weight is 469 g/mol. The van der Waals surface area contributed by atoms with E-state index >= 15 is 0 Å². The molecule has 8 nitrogen and oxygen atoms in total. The molecular weight excluding hydrogens is 448 g/mol. The number of hydrogen-bond acceptors (Lipinski definition) is 8. The van der Waals surface area contributed by atoms with Gasteiger partial charge in [0.15, 0.2) is 11.6 Å². The summed E-state index contributed by atoms with van der Waals surface area (Å²) in [6.45, 7) is 3.72. The number of para-hydroxylation sites is 2. The van der Waals surface area contributed by atoms with E-state index in [9.17, 15) is 13.2 Å². The predicted molar refractivity (Wildman–Crippen MR) is 125 cm³/mol. The highest BCUT2D eigenvalue weighted by Gasteiger charge is 2.23. The maximum atomic E-state index is 12.9. The summed E-state index contributed by atoms with van der Waals surface area (Å²) >= 11 is 1.35. The number of methoxy groups -OCH3 is 1. The molecule has 2 N–H and O–H groups in total. The van der Waals surface area contributed by atoms with Gasteiger partial charge in [-0.1, -0.05) is 30.3 Å². The van der Waals surface area contributed by atoms with Crippen LogP contribution in [-0.2, 0) is 14.8 Å². The van der Waals surface area contributed by atoms with Crippen LogP contribution in [0.2, 0.25) is 0 Å². The van der Waals surface area contributed by atoms with Crippen LogP contribution in [0.25, 0.3) is 11.0 Å². The fourth-order valence-corrected chi connectivity index (χ4v) is 5.19. The third-order valence-corrected chi connectivity index (χ3v) is 7.34. The number of rotatable bonds is 6. The minimum Gasteiger partial charge on any atom is -0.465 e. The lowest BCUT2D eigenvalue weighted by Crippen LogP contribution is -2.16. The largest absolute Gasteiger partial charge is 0.465 e. The molecule has 0 radical (unpaired) electrons. The van der Waals surface area contributed by atoms with Crippen LogP contribution in [0.15, 0.2) is 59.5 Å². The van der Waals surface area contributed by atoms with Gasteiger partial charge in [0, 0.05) is 4.88 Å². The van der Waals surface area contributed by atoms with Crippen molar-refractivity contribution >= 4 is 55.0 Å². The van der Waals surface area contributed by atoms with Gasteiger partial charge in [-0.15, -0.1) is 11.3 Å². The smallest absolute Gasteiger partial charge is 0.341 e. The number of sulfonamides is 1. The first kappa shape index (κ1) is 21.7. The highest BCUT2D eigenvalue weighted by atomic mass is 32.2. The van der Waals surface area contributed by atoms with E-state index in [0.29, 0.717) is 21.6 Å². The van der Waals surface area contributed by atoms with E-state index in [0.717, 1.165) is 10.4 Å². The molecule has 0 amide bonds. The minimum absolute atomic E-state index is 0.0204. The Morgan fingerprint density at radius 2 is 1.53 bits per heavy atom. The fourth-order valence-electron chi connectivity index (χ4n) is 3.11. The Labute approximate surface area is 189 Å². The number of nitrogens with one attached hydrogen (secondary N) is 2. The number of aryl methyl sites for hydroxylation is 1. The summed E-state index contributed by atoms with van der Waals surface area (Å²) in [4.78, 5) is 22.4. The Bertz CT molecular complexity index is 1420. The average Bonchev–Trinajstić information content (AvgIpc) is 3.07. The maximum Gasteiger partial charge on any atom is 0.341 e. The molecule has 0 saturated carbocycles. The summed E-state index contributed by atoms with van der Waals surface area (Å²) in [6, 6.07) is 15.1. The number of carbonyl (C=O) groups excluding carboxylic acids is 1. The van der Waals surface area contributed by atoms with Gasteiger partial charge < -0.3 is 10.1 Å². The van der Waals surface area contributed by atoms with Crippen molar-refractivity contribution in [2.45, 2.75) is 18.7 Å². The molecule has 0 bridgehead atoms. The van der Waals surface area contributed by atoms with Crippen LogP contribution in [0, 0.1) is 13.8 Å². The van der Waals surface area contributed by atoms with Gasteiger partial charge in [-0.2, -0.15) is 0 Å². The number of esters is 1. The van der Waals surface area contributed by atoms with Crippen molar-refractivity contribution < 1.29 is 17.9 Å². The highest BCUT2D eigenvalue weighted by Crippen LogP contribution is 2.36. The van der Waals surface area contributed by atoms with Crippen LogP contribution in [0.4, 0.5) is 16.6 Å². The first-order chi connectivity index (χ1) is 15.3. The normalized spacial score (nSPS) is 11.3. The summed E-state index contributed by atoms with van der Waals surface area (Å²) in [5, 5.41) is 3.60. The van der Waals surface area contributed by atoms with Gasteiger partial charge in [0.25, 0.3) is 10.0 Å². The summed E-state index contributed by atoms with van der Waals surface area (Å²) < 4.78 is 33.3. The van der Waals surface area contributed by atoms with E-state index in [1.54, 1.807) is 36.4 Å². The summed E-state index contributed by atoms with van der Waals surface area (Å²) in [7, 11) is -2.60. The predicted octanol–water partition coefficient (Wildman–Crippen LogP) is 4.64. The van der Waals surface area contributed by atoms with Crippen molar-refractivity contribution in [2.75, 3.05) is 17.1 Å². The van der Waals surface area contributed by atoms with Gasteiger partial charge in [0.05, 0.1) is 28.6 Å². The van der Waals surface area contributed by atoms with Crippen LogP contribution < -0.4 is 10.0 Å². The Morgan fingerprint density at radius 3 is 2.16 bits per heavy atom. The lowest BCUT2D eigenvalue weighted by atomic mass is 10.1. The molecule has 2 aromatic heterocycles. The van der Waals surface area contributed by atoms with Crippen molar-refractivity contribution in [1.82, 2.24) is 9.97 Å². The van der Waals surface area contributed by atoms with Crippen molar-refractivity contribution in [3.8, 4) is 0 Å². The maximum absolute atomic E-state index is 12.9. The van der Waals surface area contributed by atoms with Gasteiger partial charge in [0.1, 0.15) is 5.00 Å². The van der Waals surface area contributed by atoms with E-state index in [4.69, 9.17) is 4.74 Å². The van der Waals surface area contributed by atoms with E-state index in [1.807, 2.05) is 19.9 Å². The van der Waals surface area contributed by atoms with Gasteiger partial charge in [-0.25, -0.2) is 23.2 Å². The molecule has 0 aliphatic heterocycles. The molecule has 32 heavy (non-hydrogen) atoms. The van der Waals surface area contributed by atoms with Gasteiger partial charge in [0.2, 0.25) is 0 Å². The molecule has 10 heteroatoms. The van der Waals surface area contributed by atoms with Crippen LogP contribution in [0.5, 0.6) is 0 Å². The van der Waals surface area contributed by atoms with E-state index < -0.39 is 16.0 Å². The molecule has 164 valence electrons. The summed E-state index contributed by atoms with van der Waals surface area (Å²) in [6.07, 6.45) is 0. The van der Waals surface area contributed by atoms with Crippen molar-refractivity contribution in [2.24, 2.45) is 0 Å². The van der Waals surface area contributed by atoms with Crippen LogP contribution in [0.3, 0.4) is 0 Å². The third kappa shape index (κ3) is 4.14. The lowest BCUT2D eigenvalue weighted by molar-refractivity contribution is 0.0601. The number of thiophene rings is 1. The zero-order valence-corrected chi connectivity index (χ0v) is 19.2. The number of aromatic nitrogens is 2. The van der Waals surface area contributed by atoms with Crippen LogP contribution in [0.1, 0.15) is 20.8 Å². The van der Waals surface area contributed by atoms with Crippen molar-refractivity contribution in [1.29, 1.82) is 0 Å². The van der Waals surface area contributed by atoms with E-state index in [2.05, 4.69) is 20.0 Å². The molecule has 0 unspecified atom stereocenters. The molecule has 4 rings (SSSR count). The first-order valence-electron chi connectivity index (χ1n) is 9.60. The highest BCUT2D eigenvalue weighted by molar-refractivity contribution is 7.92. The topological polar surface area (TPSA) is 110 Å². The lowest BCUT2D eigenvalue weighted by Gasteiger charge is -2.14. The van der Waals surface area contributed by atoms with E-state index in [1.165, 1.54) is 30.6 Å². The molecule has 0 spiro atoms. The molecule has 0 atom stereocenters. The zero-order valence-electron chi connectivity index (χ0n) is 17.5. The zero-order chi connectivity index (χ0) is 22.9. The standard InChI is InChI=1S/C22H20N4O4S2/c1-13-14(2)31-21(18(13)22(27)30-3)25-19-20(24-17-12-8-7-11-16(17)23-19)26-32(28,29)15-9-5-4-6-10-15/h4-12H,1-3H3,(H,23,25)(H,24,26). The molecule has 2 aromatic carbocycles. The summed E-state index contributed by atoms with van der Waals surface area (Å²) in [5.74, 6) is -0.295. The number of nitrogens with zero attached hydrogens (tertiary/aromatic N) is 2. The first-order valence-corrected chi connectivity index (χ1v) is 11.9. The number of hydrogen-bond donors (Lipinski definition) is 2. The Kier molecular flexibility index (Phi) is 5.81. The van der Waals surface area contributed by atoms with Crippen molar-refractivity contribution in [3.05, 3.63) is 70.6 Å². The molecule has 4 aromatic rings. The van der Waals surface area contributed by atoms with Gasteiger partial charge in [-0.05, 0) is 43.7 Å². The summed E-state index contributed by atoms with van der Waals surface area (Å²) in [5.41, 5.74) is 2.25. The second-order valence-corrected chi connectivity index (χ2v) is 9.84. The monoisotopic (exact) mass is 468 g/mol. The molecule has 0 aliphatic rings. The molecule has 2 heterocycles. The van der Waals surface area contributed by atoms with Crippen LogP contribution in [-0.4, -0.2) is 31.5 Å². The van der Waals surface area contributed by atoms with Crippen LogP contribution >= 0.6 is 11.3 Å². The third-order valence-electron chi connectivity index (χ3n) is 4.86. The minimum atomic E-state index is -3.91. The number of ether oxygens (including phenoxy) is 1. The SMILES string of the molecule is COC(=O)c1c(Nc2nc3ccccc3nc2NS(=O)(=O)c2ccccc2)sc(C)c1C. The molecule has 0 saturated heterocycles. The molecule has 0 fully saturated rings. The Hall–Kier alpha value is -3.50. The number of fused-ring (bicyclic) bond motifs is 1. The molecular formula is C22H20N4O4S2. The Morgan fingerprint density at radius 1 is 0.938 bits per heavy atom. The second kappa shape index (κ2) is 8.56. The fraction of sp³-hybridized carbons (Fsp3) is 0.136. The Balaban J connectivity index is 1.83. The second-order valence-electron chi connectivity index (χ2n) is 6.93. The number of benzene rings is 2.